The predicted molar refractivity (Wildman–Crippen MR) is 25.0 cm³/mol. The zero-order valence-corrected chi connectivity index (χ0v) is 4.37. The Kier molecular flexibility index (Phi) is 1.48. The van der Waals surface area contributed by atoms with Crippen molar-refractivity contribution in [2.24, 2.45) is 0 Å². The van der Waals surface area contributed by atoms with Crippen LogP contribution in [-0.4, -0.2) is 35.9 Å². The summed E-state index contributed by atoms with van der Waals surface area (Å²) in [6.45, 7) is 0.822. The number of nitrogens with zero attached hydrogens (tertiary/aromatic N) is 1. The quantitative estimate of drug-likeness (QED) is 0.371. The van der Waals surface area contributed by atoms with Crippen LogP contribution in [0.5, 0.6) is 0 Å². The zero-order valence-electron chi connectivity index (χ0n) is 4.37. The molecule has 1 fully saturated rings. The Hall–Kier alpha value is -0.160. The Labute approximate surface area is 47.1 Å². The van der Waals surface area contributed by atoms with E-state index in [2.05, 4.69) is 10.1 Å². The largest absolute Gasteiger partial charge is 0.342 e. The maximum absolute atomic E-state index is 8.61. The maximum atomic E-state index is 8.61. The molecule has 0 bridgehead atoms. The normalized spacial score (nSPS) is 27.8. The first-order chi connectivity index (χ1) is 3.71. The van der Waals surface area contributed by atoms with Crippen molar-refractivity contribution in [3.05, 3.63) is 0 Å². The van der Waals surface area contributed by atoms with Gasteiger partial charge in [0.1, 0.15) is 0 Å². The van der Waals surface area contributed by atoms with Crippen molar-refractivity contribution in [3.63, 3.8) is 0 Å². The van der Waals surface area contributed by atoms with Crippen LogP contribution < -0.4 is 5.32 Å². The van der Waals surface area contributed by atoms with E-state index in [1.165, 1.54) is 0 Å². The third-order valence-electron chi connectivity index (χ3n) is 0.900. The Morgan fingerprint density at radius 2 is 2.25 bits per heavy atom. The van der Waals surface area contributed by atoms with Crippen molar-refractivity contribution in [2.75, 3.05) is 19.7 Å². The molecule has 0 aromatic carbocycles. The molecule has 1 heterocycles. The van der Waals surface area contributed by atoms with Gasteiger partial charge in [0, 0.05) is 6.54 Å². The fourth-order valence-corrected chi connectivity index (χ4v) is 0.544. The first-order valence-corrected chi connectivity index (χ1v) is 2.43. The van der Waals surface area contributed by atoms with Gasteiger partial charge in [-0.05, 0) is 0 Å². The summed E-state index contributed by atoms with van der Waals surface area (Å²) < 4.78 is 4.48. The summed E-state index contributed by atoms with van der Waals surface area (Å²) in [5.74, 6) is -1.99. The van der Waals surface area contributed by atoms with Crippen molar-refractivity contribution < 1.29 is 14.9 Å². The van der Waals surface area contributed by atoms with E-state index in [-0.39, 0.29) is 6.54 Å². The lowest BCUT2D eigenvalue weighted by molar-refractivity contribution is -0.343. The molecule has 4 heteroatoms. The van der Waals surface area contributed by atoms with Crippen molar-refractivity contribution in [1.29, 1.82) is 0 Å². The molecule has 0 aliphatic carbocycles. The van der Waals surface area contributed by atoms with E-state index in [4.69, 9.17) is 10.2 Å². The van der Waals surface area contributed by atoms with Crippen LogP contribution in [0.4, 0.5) is 0 Å². The van der Waals surface area contributed by atoms with Crippen LogP contribution in [0.2, 0.25) is 0 Å². The van der Waals surface area contributed by atoms with Gasteiger partial charge in [-0.15, -0.1) is 0 Å². The minimum Gasteiger partial charge on any atom is -0.342 e. The molecule has 1 rings (SSSR count). The van der Waals surface area contributed by atoms with Gasteiger partial charge in [-0.2, -0.15) is 0 Å². The molecule has 8 heavy (non-hydrogen) atoms. The van der Waals surface area contributed by atoms with E-state index in [9.17, 15) is 0 Å². The Morgan fingerprint density at radius 3 is 2.50 bits per heavy atom. The van der Waals surface area contributed by atoms with Crippen LogP contribution in [0.1, 0.15) is 0 Å². The molecule has 1 aliphatic rings. The molecule has 0 spiro atoms. The highest BCUT2D eigenvalue weighted by Gasteiger charge is 2.27. The summed E-state index contributed by atoms with van der Waals surface area (Å²) in [4.78, 5) is 0. The highest BCUT2D eigenvalue weighted by Crippen LogP contribution is 2.03. The third-order valence-corrected chi connectivity index (χ3v) is 0.900. The van der Waals surface area contributed by atoms with Gasteiger partial charge in [-0.1, -0.05) is 0 Å². The molecule has 47 valence electrons. The average Bonchev–Trinajstić information content (AvgIpc) is 1.65. The lowest BCUT2D eigenvalue weighted by atomic mass is 10.4. The van der Waals surface area contributed by atoms with Gasteiger partial charge in [-0.3, -0.25) is 0 Å². The Morgan fingerprint density at radius 1 is 1.50 bits per heavy atom. The summed E-state index contributed by atoms with van der Waals surface area (Å²) in [7, 11) is 0. The van der Waals surface area contributed by atoms with E-state index < -0.39 is 5.97 Å². The summed E-state index contributed by atoms with van der Waals surface area (Å²) in [5, 5.41) is 20.9. The molecule has 0 saturated carbocycles. The van der Waals surface area contributed by atoms with Gasteiger partial charge in [0.05, 0.1) is 13.2 Å². The van der Waals surface area contributed by atoms with Crippen LogP contribution >= 0.6 is 0 Å². The van der Waals surface area contributed by atoms with E-state index in [0.29, 0.717) is 13.2 Å². The SMILES string of the molecule is OC1(O)C[N]CCO1. The summed E-state index contributed by atoms with van der Waals surface area (Å²) in [6, 6.07) is 0. The fraction of sp³-hybridized carbons (Fsp3) is 1.00. The fourth-order valence-electron chi connectivity index (χ4n) is 0.544. The Balaban J connectivity index is 2.33. The van der Waals surface area contributed by atoms with Crippen LogP contribution in [0.25, 0.3) is 0 Å². The standard InChI is InChI=1S/C4H8NO3/c6-4(7)3-5-1-2-8-4/h6-7H,1-3H2. The van der Waals surface area contributed by atoms with Crippen LogP contribution in [0.3, 0.4) is 0 Å². The molecule has 0 aromatic rings. The number of morpholine rings is 1. The topological polar surface area (TPSA) is 63.8 Å². The molecule has 2 N–H and O–H groups in total. The smallest absolute Gasteiger partial charge is 0.292 e. The summed E-state index contributed by atoms with van der Waals surface area (Å²) in [5.41, 5.74) is 0. The Bertz CT molecular complexity index is 75.4. The van der Waals surface area contributed by atoms with E-state index in [0.717, 1.165) is 0 Å². The first kappa shape index (κ1) is 5.97. The first-order valence-electron chi connectivity index (χ1n) is 2.43. The van der Waals surface area contributed by atoms with Gasteiger partial charge < -0.3 is 14.9 Å². The molecule has 0 atom stereocenters. The van der Waals surface area contributed by atoms with Gasteiger partial charge >= 0.3 is 0 Å². The third kappa shape index (κ3) is 1.41. The van der Waals surface area contributed by atoms with Gasteiger partial charge in [0.2, 0.25) is 0 Å². The van der Waals surface area contributed by atoms with Crippen LogP contribution in [-0.2, 0) is 4.74 Å². The van der Waals surface area contributed by atoms with E-state index in [1.807, 2.05) is 0 Å². The monoisotopic (exact) mass is 118 g/mol. The highest BCUT2D eigenvalue weighted by molar-refractivity contribution is 4.60. The summed E-state index contributed by atoms with van der Waals surface area (Å²) in [6.07, 6.45) is 0. The van der Waals surface area contributed by atoms with Crippen molar-refractivity contribution >= 4 is 0 Å². The number of hydrogen-bond acceptors (Lipinski definition) is 3. The molecule has 4 nitrogen and oxygen atoms in total. The van der Waals surface area contributed by atoms with Crippen molar-refractivity contribution in [3.8, 4) is 0 Å². The molecule has 0 amide bonds. The second-order valence-electron chi connectivity index (χ2n) is 1.70. The molecule has 0 aromatic heterocycles. The molecular formula is C4H8NO3. The molecular weight excluding hydrogens is 110 g/mol. The minimum atomic E-state index is -1.99. The van der Waals surface area contributed by atoms with Crippen molar-refractivity contribution in [2.45, 2.75) is 5.97 Å². The maximum Gasteiger partial charge on any atom is 0.292 e. The van der Waals surface area contributed by atoms with Crippen molar-refractivity contribution in [1.82, 2.24) is 5.32 Å². The number of ether oxygens (including phenoxy) is 1. The van der Waals surface area contributed by atoms with Gasteiger partial charge in [0.15, 0.2) is 0 Å². The van der Waals surface area contributed by atoms with Gasteiger partial charge in [0.25, 0.3) is 5.97 Å². The second kappa shape index (κ2) is 1.99. The molecule has 1 saturated heterocycles. The highest BCUT2D eigenvalue weighted by atomic mass is 16.8. The van der Waals surface area contributed by atoms with Gasteiger partial charge in [-0.25, -0.2) is 5.32 Å². The van der Waals surface area contributed by atoms with E-state index >= 15 is 0 Å². The number of aliphatic hydroxyl groups is 2. The minimum absolute atomic E-state index is 0.0347. The molecule has 1 aliphatic heterocycles. The summed E-state index contributed by atoms with van der Waals surface area (Å²) >= 11 is 0. The number of rotatable bonds is 0. The lowest BCUT2D eigenvalue weighted by Gasteiger charge is -2.25. The predicted octanol–water partition coefficient (Wildman–Crippen LogP) is -1.74. The lowest BCUT2D eigenvalue weighted by Crippen LogP contribution is -2.46. The second-order valence-corrected chi connectivity index (χ2v) is 1.70. The molecule has 0 unspecified atom stereocenters. The number of hydrogen-bond donors (Lipinski definition) is 2. The average molecular weight is 118 g/mol. The molecule has 1 radical (unpaired) electrons. The van der Waals surface area contributed by atoms with E-state index in [1.54, 1.807) is 0 Å². The zero-order chi connectivity index (χ0) is 6.04. The van der Waals surface area contributed by atoms with Crippen LogP contribution in [0.15, 0.2) is 0 Å². The van der Waals surface area contributed by atoms with Crippen LogP contribution in [0, 0.1) is 0 Å².